The Balaban J connectivity index is 2.20. The number of halogens is 3. The minimum absolute atomic E-state index is 0.276. The van der Waals surface area contributed by atoms with E-state index in [9.17, 15) is 13.2 Å². The Labute approximate surface area is 117 Å². The summed E-state index contributed by atoms with van der Waals surface area (Å²) in [5.41, 5.74) is -0.698. The van der Waals surface area contributed by atoms with Gasteiger partial charge in [-0.15, -0.1) is 0 Å². The van der Waals surface area contributed by atoms with Crippen LogP contribution in [0.3, 0.4) is 0 Å². The van der Waals surface area contributed by atoms with E-state index in [1.54, 1.807) is 0 Å². The molecule has 1 N–H and O–H groups in total. The summed E-state index contributed by atoms with van der Waals surface area (Å²) in [6.45, 7) is 2.93. The highest BCUT2D eigenvalue weighted by atomic mass is 19.4. The van der Waals surface area contributed by atoms with Crippen LogP contribution in [-0.2, 0) is 6.18 Å². The van der Waals surface area contributed by atoms with E-state index in [1.807, 2.05) is 7.05 Å². The predicted molar refractivity (Wildman–Crippen MR) is 72.7 cm³/mol. The van der Waals surface area contributed by atoms with E-state index in [1.165, 1.54) is 6.07 Å². The molecule has 1 saturated heterocycles. The first kappa shape index (κ1) is 15.1. The molecule has 20 heavy (non-hydrogen) atoms. The van der Waals surface area contributed by atoms with Crippen LogP contribution in [0.15, 0.2) is 18.3 Å². The summed E-state index contributed by atoms with van der Waals surface area (Å²) in [5.74, 6) is 0.629. The third-order valence-electron chi connectivity index (χ3n) is 3.95. The van der Waals surface area contributed by atoms with Gasteiger partial charge in [0.1, 0.15) is 5.82 Å². The summed E-state index contributed by atoms with van der Waals surface area (Å²) in [6, 6.07) is 3.14. The molecule has 112 valence electrons. The van der Waals surface area contributed by atoms with Crippen molar-refractivity contribution < 1.29 is 13.2 Å². The first-order chi connectivity index (χ1) is 9.43. The molecule has 0 amide bonds. The molecule has 1 fully saturated rings. The number of hydrogen-bond acceptors (Lipinski definition) is 3. The van der Waals surface area contributed by atoms with Crippen molar-refractivity contribution in [2.75, 3.05) is 18.5 Å². The Kier molecular flexibility index (Phi) is 4.52. The van der Waals surface area contributed by atoms with Gasteiger partial charge in [-0.1, -0.05) is 0 Å². The maximum absolute atomic E-state index is 12.6. The maximum atomic E-state index is 12.6. The van der Waals surface area contributed by atoms with Crippen molar-refractivity contribution in [3.8, 4) is 0 Å². The zero-order valence-electron chi connectivity index (χ0n) is 11.7. The van der Waals surface area contributed by atoms with Crippen molar-refractivity contribution in [1.29, 1.82) is 0 Å². The molecule has 2 unspecified atom stereocenters. The fourth-order valence-corrected chi connectivity index (χ4v) is 2.68. The number of nitrogens with zero attached hydrogens (tertiary/aromatic N) is 2. The highest BCUT2D eigenvalue weighted by Crippen LogP contribution is 2.31. The monoisotopic (exact) mass is 287 g/mol. The summed E-state index contributed by atoms with van der Waals surface area (Å²) >= 11 is 0. The normalized spacial score (nSPS) is 21.9. The minimum Gasteiger partial charge on any atom is -0.352 e. The van der Waals surface area contributed by atoms with Crippen LogP contribution in [0, 0.1) is 0 Å². The summed E-state index contributed by atoms with van der Waals surface area (Å²) < 4.78 is 37.7. The third-order valence-corrected chi connectivity index (χ3v) is 3.95. The second kappa shape index (κ2) is 5.99. The van der Waals surface area contributed by atoms with Crippen LogP contribution in [0.4, 0.5) is 19.0 Å². The molecule has 1 aliphatic rings. The number of pyridine rings is 1. The Hall–Kier alpha value is -1.30. The SMILES string of the molecule is CNC(C)C1CCCCN1c1ccc(C(F)(F)F)cn1. The highest BCUT2D eigenvalue weighted by molar-refractivity contribution is 5.42. The lowest BCUT2D eigenvalue weighted by atomic mass is 9.96. The third kappa shape index (κ3) is 3.23. The standard InChI is InChI=1S/C14H20F3N3/c1-10(18-2)12-5-3-4-8-20(12)13-7-6-11(9-19-13)14(15,16)17/h6-7,9-10,12,18H,3-5,8H2,1-2H3. The molecule has 0 radical (unpaired) electrons. The Bertz CT molecular complexity index is 430. The Morgan fingerprint density at radius 1 is 1.35 bits per heavy atom. The fourth-order valence-electron chi connectivity index (χ4n) is 2.68. The zero-order chi connectivity index (χ0) is 14.8. The van der Waals surface area contributed by atoms with Crippen LogP contribution < -0.4 is 10.2 Å². The van der Waals surface area contributed by atoms with E-state index >= 15 is 0 Å². The lowest BCUT2D eigenvalue weighted by molar-refractivity contribution is -0.137. The molecule has 3 nitrogen and oxygen atoms in total. The van der Waals surface area contributed by atoms with Crippen LogP contribution in [0.2, 0.25) is 0 Å². The van der Waals surface area contributed by atoms with Crippen LogP contribution in [-0.4, -0.2) is 30.7 Å². The lowest BCUT2D eigenvalue weighted by Gasteiger charge is -2.40. The number of nitrogens with one attached hydrogen (secondary N) is 1. The molecule has 0 saturated carbocycles. The molecule has 1 aromatic heterocycles. The summed E-state index contributed by atoms with van der Waals surface area (Å²) in [6.07, 6.45) is -0.176. The van der Waals surface area contributed by atoms with Crippen molar-refractivity contribution in [3.05, 3.63) is 23.9 Å². The molecule has 2 atom stereocenters. The first-order valence-corrected chi connectivity index (χ1v) is 6.90. The number of aromatic nitrogens is 1. The molecular weight excluding hydrogens is 267 g/mol. The van der Waals surface area contributed by atoms with E-state index in [4.69, 9.17) is 0 Å². The molecule has 6 heteroatoms. The molecule has 2 rings (SSSR count). The largest absolute Gasteiger partial charge is 0.417 e. The lowest BCUT2D eigenvalue weighted by Crippen LogP contribution is -2.50. The number of alkyl halides is 3. The molecule has 2 heterocycles. The molecule has 0 spiro atoms. The number of likely N-dealkylation sites (N-methyl/N-ethyl adjacent to an activating group) is 1. The Morgan fingerprint density at radius 2 is 2.10 bits per heavy atom. The van der Waals surface area contributed by atoms with Crippen molar-refractivity contribution in [3.63, 3.8) is 0 Å². The smallest absolute Gasteiger partial charge is 0.352 e. The fraction of sp³-hybridized carbons (Fsp3) is 0.643. The van der Waals surface area contributed by atoms with Gasteiger partial charge in [-0.05, 0) is 45.4 Å². The number of rotatable bonds is 3. The van der Waals surface area contributed by atoms with E-state index in [0.717, 1.165) is 38.1 Å². The number of piperidine rings is 1. The highest BCUT2D eigenvalue weighted by Gasteiger charge is 2.32. The summed E-state index contributed by atoms with van der Waals surface area (Å²) in [4.78, 5) is 6.13. The van der Waals surface area contributed by atoms with Crippen molar-refractivity contribution >= 4 is 5.82 Å². The second-order valence-electron chi connectivity index (χ2n) is 5.24. The summed E-state index contributed by atoms with van der Waals surface area (Å²) in [7, 11) is 1.90. The van der Waals surface area contributed by atoms with Gasteiger partial charge in [0.05, 0.1) is 5.56 Å². The number of hydrogen-bond donors (Lipinski definition) is 1. The van der Waals surface area contributed by atoms with Gasteiger partial charge < -0.3 is 10.2 Å². The van der Waals surface area contributed by atoms with E-state index in [2.05, 4.69) is 22.1 Å². The topological polar surface area (TPSA) is 28.2 Å². The molecule has 1 aromatic rings. The molecule has 0 aliphatic carbocycles. The van der Waals surface area contributed by atoms with Gasteiger partial charge >= 0.3 is 6.18 Å². The van der Waals surface area contributed by atoms with Crippen LogP contribution >= 0.6 is 0 Å². The van der Waals surface area contributed by atoms with Crippen LogP contribution in [0.1, 0.15) is 31.7 Å². The zero-order valence-corrected chi connectivity index (χ0v) is 11.7. The molecule has 1 aliphatic heterocycles. The van der Waals surface area contributed by atoms with Gasteiger partial charge in [0, 0.05) is 24.8 Å². The Morgan fingerprint density at radius 3 is 2.65 bits per heavy atom. The van der Waals surface area contributed by atoms with Crippen LogP contribution in [0.25, 0.3) is 0 Å². The van der Waals surface area contributed by atoms with Gasteiger partial charge in [0.2, 0.25) is 0 Å². The van der Waals surface area contributed by atoms with Crippen molar-refractivity contribution in [2.45, 2.75) is 44.4 Å². The quantitative estimate of drug-likeness (QED) is 0.926. The van der Waals surface area contributed by atoms with Gasteiger partial charge in [-0.2, -0.15) is 13.2 Å². The van der Waals surface area contributed by atoms with Gasteiger partial charge in [-0.3, -0.25) is 0 Å². The predicted octanol–water partition coefficient (Wildman–Crippen LogP) is 3.07. The van der Waals surface area contributed by atoms with Gasteiger partial charge in [0.15, 0.2) is 0 Å². The maximum Gasteiger partial charge on any atom is 0.417 e. The molecule has 0 aromatic carbocycles. The van der Waals surface area contributed by atoms with Gasteiger partial charge in [-0.25, -0.2) is 4.98 Å². The van der Waals surface area contributed by atoms with E-state index in [-0.39, 0.29) is 12.1 Å². The minimum atomic E-state index is -4.33. The molecular formula is C14H20F3N3. The van der Waals surface area contributed by atoms with E-state index < -0.39 is 11.7 Å². The average molecular weight is 287 g/mol. The first-order valence-electron chi connectivity index (χ1n) is 6.90. The van der Waals surface area contributed by atoms with Crippen molar-refractivity contribution in [2.24, 2.45) is 0 Å². The summed E-state index contributed by atoms with van der Waals surface area (Å²) in [5, 5.41) is 3.22. The van der Waals surface area contributed by atoms with E-state index in [0.29, 0.717) is 5.82 Å². The van der Waals surface area contributed by atoms with Crippen molar-refractivity contribution in [1.82, 2.24) is 10.3 Å². The van der Waals surface area contributed by atoms with Crippen LogP contribution in [0.5, 0.6) is 0 Å². The molecule has 0 bridgehead atoms. The van der Waals surface area contributed by atoms with Gasteiger partial charge in [0.25, 0.3) is 0 Å². The second-order valence-corrected chi connectivity index (χ2v) is 5.24. The average Bonchev–Trinajstić information content (AvgIpc) is 2.45. The number of anilines is 1.